The van der Waals surface area contributed by atoms with Crippen LogP contribution in [0.1, 0.15) is 18.4 Å². The molecule has 138 valence electrons. The molecule has 1 fully saturated rings. The third kappa shape index (κ3) is 3.96. The van der Waals surface area contributed by atoms with Crippen LogP contribution in [-0.2, 0) is 21.2 Å². The summed E-state index contributed by atoms with van der Waals surface area (Å²) in [6, 6.07) is 10.5. The molecule has 1 aliphatic rings. The predicted molar refractivity (Wildman–Crippen MR) is 97.2 cm³/mol. The van der Waals surface area contributed by atoms with Gasteiger partial charge in [0.05, 0.1) is 17.1 Å². The van der Waals surface area contributed by atoms with Gasteiger partial charge in [-0.1, -0.05) is 18.2 Å². The normalized spacial score (nSPS) is 15.8. The molecule has 2 aromatic carbocycles. The Morgan fingerprint density at radius 1 is 1.23 bits per heavy atom. The van der Waals surface area contributed by atoms with E-state index < -0.39 is 15.9 Å². The Labute approximate surface area is 151 Å². The van der Waals surface area contributed by atoms with Gasteiger partial charge in [0.25, 0.3) is 0 Å². The van der Waals surface area contributed by atoms with Gasteiger partial charge >= 0.3 is 0 Å². The number of carbonyl (C=O) groups is 1. The van der Waals surface area contributed by atoms with Gasteiger partial charge in [-0.3, -0.25) is 9.10 Å². The number of amides is 1. The Hall–Kier alpha value is -2.61. The van der Waals surface area contributed by atoms with E-state index in [-0.39, 0.29) is 35.8 Å². The molecule has 8 heteroatoms. The van der Waals surface area contributed by atoms with Crippen molar-refractivity contribution < 1.29 is 22.7 Å². The number of aromatic hydroxyl groups is 1. The predicted octanol–water partition coefficient (Wildman–Crippen LogP) is 2.64. The zero-order valence-electron chi connectivity index (χ0n) is 14.0. The van der Waals surface area contributed by atoms with Crippen LogP contribution in [0.5, 0.6) is 5.75 Å². The topological polar surface area (TPSA) is 86.7 Å². The van der Waals surface area contributed by atoms with E-state index in [4.69, 9.17) is 0 Å². The fraction of sp³-hybridized carbons (Fsp3) is 0.278. The molecule has 0 atom stereocenters. The van der Waals surface area contributed by atoms with Crippen molar-refractivity contribution in [2.24, 2.45) is 0 Å². The third-order valence-electron chi connectivity index (χ3n) is 4.22. The smallest absolute Gasteiger partial charge is 0.235 e. The molecule has 26 heavy (non-hydrogen) atoms. The summed E-state index contributed by atoms with van der Waals surface area (Å²) in [4.78, 5) is 12.1. The second kappa shape index (κ2) is 7.33. The van der Waals surface area contributed by atoms with Crippen LogP contribution in [0.2, 0.25) is 0 Å². The fourth-order valence-corrected chi connectivity index (χ4v) is 4.43. The zero-order valence-corrected chi connectivity index (χ0v) is 14.8. The van der Waals surface area contributed by atoms with Crippen molar-refractivity contribution >= 4 is 27.3 Å². The number of nitrogens with zero attached hydrogens (tertiary/aromatic N) is 1. The summed E-state index contributed by atoms with van der Waals surface area (Å²) in [5, 5.41) is 12.5. The summed E-state index contributed by atoms with van der Waals surface area (Å²) in [6.45, 7) is 0.369. The number of halogens is 1. The van der Waals surface area contributed by atoms with E-state index in [0.717, 1.165) is 0 Å². The van der Waals surface area contributed by atoms with E-state index in [1.165, 1.54) is 28.6 Å². The minimum Gasteiger partial charge on any atom is -0.506 e. The van der Waals surface area contributed by atoms with E-state index >= 15 is 0 Å². The van der Waals surface area contributed by atoms with Gasteiger partial charge in [0.1, 0.15) is 11.6 Å². The molecule has 0 saturated carbocycles. The van der Waals surface area contributed by atoms with Crippen LogP contribution >= 0.6 is 0 Å². The number of rotatable bonds is 5. The Morgan fingerprint density at radius 2 is 2.00 bits per heavy atom. The van der Waals surface area contributed by atoms with Gasteiger partial charge in [0, 0.05) is 13.0 Å². The highest BCUT2D eigenvalue weighted by Gasteiger charge is 2.28. The Bertz CT molecular complexity index is 931. The number of sulfonamides is 1. The van der Waals surface area contributed by atoms with Crippen LogP contribution in [0.3, 0.4) is 0 Å². The number of phenolic OH excluding ortho intramolecular Hbond substituents is 1. The molecule has 0 aromatic heterocycles. The molecule has 0 radical (unpaired) electrons. The number of hydrogen-bond acceptors (Lipinski definition) is 4. The maximum Gasteiger partial charge on any atom is 0.235 e. The second-order valence-electron chi connectivity index (χ2n) is 6.08. The molecule has 0 bridgehead atoms. The Balaban J connectivity index is 1.70. The minimum absolute atomic E-state index is 0.0343. The van der Waals surface area contributed by atoms with Crippen molar-refractivity contribution in [2.45, 2.75) is 19.3 Å². The third-order valence-corrected chi connectivity index (χ3v) is 6.09. The summed E-state index contributed by atoms with van der Waals surface area (Å²) >= 11 is 0. The number of hydrogen-bond donors (Lipinski definition) is 2. The van der Waals surface area contributed by atoms with Crippen LogP contribution in [0.25, 0.3) is 0 Å². The first-order valence-electron chi connectivity index (χ1n) is 8.23. The van der Waals surface area contributed by atoms with Crippen LogP contribution in [0.15, 0.2) is 42.5 Å². The monoisotopic (exact) mass is 378 g/mol. The number of phenols is 1. The molecule has 1 heterocycles. The molecular formula is C18H19FN2O4S. The first kappa shape index (κ1) is 18.2. The van der Waals surface area contributed by atoms with Crippen LogP contribution in [0.4, 0.5) is 15.8 Å². The molecule has 0 unspecified atom stereocenters. The van der Waals surface area contributed by atoms with E-state index in [1.54, 1.807) is 18.2 Å². The lowest BCUT2D eigenvalue weighted by Gasteiger charge is -2.18. The van der Waals surface area contributed by atoms with Crippen molar-refractivity contribution in [3.63, 3.8) is 0 Å². The molecule has 1 aliphatic heterocycles. The highest BCUT2D eigenvalue weighted by Crippen LogP contribution is 2.32. The first-order chi connectivity index (χ1) is 12.4. The summed E-state index contributed by atoms with van der Waals surface area (Å²) in [5.74, 6) is -0.850. The summed E-state index contributed by atoms with van der Waals surface area (Å²) in [7, 11) is -3.35. The molecule has 0 spiro atoms. The Kier molecular flexibility index (Phi) is 5.13. The SMILES string of the molecule is O=C(CCc1ccccc1F)Nc1cc(N2CCCS2(=O)=O)ccc1O. The van der Waals surface area contributed by atoms with Crippen LogP contribution in [0, 0.1) is 5.82 Å². The highest BCUT2D eigenvalue weighted by atomic mass is 32.2. The van der Waals surface area contributed by atoms with E-state index in [1.807, 2.05) is 0 Å². The zero-order chi connectivity index (χ0) is 18.7. The largest absolute Gasteiger partial charge is 0.506 e. The molecule has 6 nitrogen and oxygen atoms in total. The van der Waals surface area contributed by atoms with Crippen molar-refractivity contribution in [3.8, 4) is 5.75 Å². The van der Waals surface area contributed by atoms with Gasteiger partial charge < -0.3 is 10.4 Å². The van der Waals surface area contributed by atoms with Gasteiger partial charge in [0.2, 0.25) is 15.9 Å². The van der Waals surface area contributed by atoms with Crippen molar-refractivity contribution in [3.05, 3.63) is 53.8 Å². The summed E-state index contributed by atoms with van der Waals surface area (Å²) < 4.78 is 38.9. The minimum atomic E-state index is -3.35. The van der Waals surface area contributed by atoms with Gasteiger partial charge in [-0.05, 0) is 42.7 Å². The standard InChI is InChI=1S/C18H19FN2O4S/c19-15-5-2-1-4-13(15)6-9-18(23)20-16-12-14(7-8-17(16)22)21-10-3-11-26(21,24)25/h1-2,4-5,7-8,12,22H,3,6,9-11H2,(H,20,23). The quantitative estimate of drug-likeness (QED) is 0.783. The lowest BCUT2D eigenvalue weighted by atomic mass is 10.1. The van der Waals surface area contributed by atoms with Crippen LogP contribution < -0.4 is 9.62 Å². The Morgan fingerprint density at radius 3 is 2.69 bits per heavy atom. The maximum absolute atomic E-state index is 13.6. The van der Waals surface area contributed by atoms with E-state index in [9.17, 15) is 22.7 Å². The molecule has 0 aliphatic carbocycles. The lowest BCUT2D eigenvalue weighted by Crippen LogP contribution is -2.25. The fourth-order valence-electron chi connectivity index (χ4n) is 2.87. The number of anilines is 2. The van der Waals surface area contributed by atoms with E-state index in [0.29, 0.717) is 24.2 Å². The molecule has 3 rings (SSSR count). The van der Waals surface area contributed by atoms with E-state index in [2.05, 4.69) is 5.32 Å². The van der Waals surface area contributed by atoms with Crippen molar-refractivity contribution in [1.82, 2.24) is 0 Å². The number of nitrogens with one attached hydrogen (secondary N) is 1. The average molecular weight is 378 g/mol. The maximum atomic E-state index is 13.6. The average Bonchev–Trinajstić information content (AvgIpc) is 2.95. The first-order valence-corrected chi connectivity index (χ1v) is 9.84. The van der Waals surface area contributed by atoms with Crippen molar-refractivity contribution in [1.29, 1.82) is 0 Å². The van der Waals surface area contributed by atoms with Gasteiger partial charge in [-0.15, -0.1) is 0 Å². The van der Waals surface area contributed by atoms with Crippen LogP contribution in [-0.4, -0.2) is 31.7 Å². The number of carbonyl (C=O) groups excluding carboxylic acids is 1. The van der Waals surface area contributed by atoms with Gasteiger partial charge in [-0.25, -0.2) is 12.8 Å². The number of benzene rings is 2. The van der Waals surface area contributed by atoms with Gasteiger partial charge in [0.15, 0.2) is 0 Å². The van der Waals surface area contributed by atoms with Crippen molar-refractivity contribution in [2.75, 3.05) is 21.9 Å². The van der Waals surface area contributed by atoms with Gasteiger partial charge in [-0.2, -0.15) is 0 Å². The highest BCUT2D eigenvalue weighted by molar-refractivity contribution is 7.93. The second-order valence-corrected chi connectivity index (χ2v) is 8.10. The molecule has 2 N–H and O–H groups in total. The summed E-state index contributed by atoms with van der Waals surface area (Å²) in [5.41, 5.74) is 0.955. The molecular weight excluding hydrogens is 359 g/mol. The number of aryl methyl sites for hydroxylation is 1. The molecule has 2 aromatic rings. The molecule has 1 saturated heterocycles. The lowest BCUT2D eigenvalue weighted by molar-refractivity contribution is -0.116. The summed E-state index contributed by atoms with van der Waals surface area (Å²) in [6.07, 6.45) is 0.791. The molecule has 1 amide bonds.